The molecule has 0 aliphatic carbocycles. The van der Waals surface area contributed by atoms with Crippen LogP contribution in [0, 0.1) is 13.8 Å². The number of hydrogen-bond acceptors (Lipinski definition) is 3. The zero-order valence-corrected chi connectivity index (χ0v) is 16.6. The van der Waals surface area contributed by atoms with Crippen LogP contribution in [0.5, 0.6) is 0 Å². The van der Waals surface area contributed by atoms with Crippen LogP contribution >= 0.6 is 11.6 Å². The largest absolute Gasteiger partial charge is 0.336 e. The van der Waals surface area contributed by atoms with Crippen molar-refractivity contribution in [1.82, 2.24) is 13.8 Å². The summed E-state index contributed by atoms with van der Waals surface area (Å²) in [6.07, 6.45) is 1.19. The van der Waals surface area contributed by atoms with Gasteiger partial charge in [-0.25, -0.2) is 8.42 Å². The molecule has 0 saturated carbocycles. The third kappa shape index (κ3) is 3.65. The molecule has 1 aliphatic rings. The van der Waals surface area contributed by atoms with E-state index in [0.29, 0.717) is 36.8 Å². The lowest BCUT2D eigenvalue weighted by Crippen LogP contribution is -2.50. The summed E-state index contributed by atoms with van der Waals surface area (Å²) in [5, 5.41) is 0.395. The number of rotatable bonds is 3. The molecule has 1 fully saturated rings. The van der Waals surface area contributed by atoms with Gasteiger partial charge in [0.15, 0.2) is 0 Å². The summed E-state index contributed by atoms with van der Waals surface area (Å²) in [5.74, 6) is -0.174. The van der Waals surface area contributed by atoms with Crippen molar-refractivity contribution in [2.75, 3.05) is 32.4 Å². The van der Waals surface area contributed by atoms with Crippen LogP contribution in [-0.2, 0) is 10.0 Å². The summed E-state index contributed by atoms with van der Waals surface area (Å²) in [6.45, 7) is 5.33. The Morgan fingerprint density at radius 3 is 2.12 bits per heavy atom. The van der Waals surface area contributed by atoms with Crippen LogP contribution in [0.1, 0.15) is 21.7 Å². The van der Waals surface area contributed by atoms with Crippen molar-refractivity contribution in [3.8, 4) is 5.69 Å². The molecule has 0 bridgehead atoms. The molecule has 0 N–H and O–H groups in total. The average molecular weight is 396 g/mol. The number of halogens is 1. The number of carbonyl (C=O) groups excluding carboxylic acids is 1. The van der Waals surface area contributed by atoms with Gasteiger partial charge in [0, 0.05) is 43.3 Å². The minimum Gasteiger partial charge on any atom is -0.336 e. The topological polar surface area (TPSA) is 62.6 Å². The first kappa shape index (κ1) is 18.9. The fourth-order valence-electron chi connectivity index (χ4n) is 3.29. The second-order valence-corrected chi connectivity index (χ2v) is 8.96. The molecule has 140 valence electrons. The van der Waals surface area contributed by atoms with E-state index in [9.17, 15) is 13.2 Å². The smallest absolute Gasteiger partial charge is 0.255 e. The molecule has 0 atom stereocenters. The molecule has 1 aromatic carbocycles. The molecule has 3 rings (SSSR count). The SMILES string of the molecule is Cc1ccc(C)n1-c1ccc(Cl)c(C(=O)N2CCN(S(C)(=O)=O)CC2)c1. The minimum atomic E-state index is -3.23. The van der Waals surface area contributed by atoms with Gasteiger partial charge in [0.2, 0.25) is 10.0 Å². The highest BCUT2D eigenvalue weighted by Gasteiger charge is 2.27. The number of aromatic nitrogens is 1. The van der Waals surface area contributed by atoms with Gasteiger partial charge in [0.1, 0.15) is 0 Å². The van der Waals surface area contributed by atoms with Crippen LogP contribution in [0.15, 0.2) is 30.3 Å². The van der Waals surface area contributed by atoms with Crippen LogP contribution in [0.2, 0.25) is 5.02 Å². The maximum atomic E-state index is 12.9. The number of amides is 1. The zero-order chi connectivity index (χ0) is 19.1. The molecule has 1 aliphatic heterocycles. The van der Waals surface area contributed by atoms with Crippen LogP contribution in [0.4, 0.5) is 0 Å². The summed E-state index contributed by atoms with van der Waals surface area (Å²) in [6, 6.07) is 9.47. The molecule has 1 saturated heterocycles. The third-order valence-corrected chi connectivity index (χ3v) is 6.34. The Morgan fingerprint density at radius 2 is 1.58 bits per heavy atom. The van der Waals surface area contributed by atoms with Crippen molar-refractivity contribution in [3.05, 3.63) is 52.3 Å². The van der Waals surface area contributed by atoms with Crippen molar-refractivity contribution >= 4 is 27.5 Å². The monoisotopic (exact) mass is 395 g/mol. The van der Waals surface area contributed by atoms with E-state index in [1.54, 1.807) is 17.0 Å². The number of aryl methyl sites for hydroxylation is 2. The molecule has 0 spiro atoms. The van der Waals surface area contributed by atoms with Gasteiger partial charge in [0.25, 0.3) is 5.91 Å². The van der Waals surface area contributed by atoms with Gasteiger partial charge in [-0.15, -0.1) is 0 Å². The third-order valence-electron chi connectivity index (χ3n) is 4.70. The molecule has 0 unspecified atom stereocenters. The van der Waals surface area contributed by atoms with Crippen LogP contribution in [0.3, 0.4) is 0 Å². The van der Waals surface area contributed by atoms with E-state index in [-0.39, 0.29) is 5.91 Å². The Bertz CT molecular complexity index is 925. The number of sulfonamides is 1. The second kappa shape index (κ2) is 7.06. The Hall–Kier alpha value is -1.83. The highest BCUT2D eigenvalue weighted by Crippen LogP contribution is 2.24. The maximum absolute atomic E-state index is 12.9. The van der Waals surface area contributed by atoms with E-state index in [2.05, 4.69) is 4.57 Å². The van der Waals surface area contributed by atoms with Gasteiger partial charge in [-0.05, 0) is 44.2 Å². The molecule has 2 aromatic rings. The molecule has 1 amide bonds. The second-order valence-electron chi connectivity index (χ2n) is 6.57. The highest BCUT2D eigenvalue weighted by atomic mass is 35.5. The van der Waals surface area contributed by atoms with E-state index in [1.807, 2.05) is 32.0 Å². The van der Waals surface area contributed by atoms with Crippen molar-refractivity contribution in [2.45, 2.75) is 13.8 Å². The fourth-order valence-corrected chi connectivity index (χ4v) is 4.31. The van der Waals surface area contributed by atoms with Crippen molar-refractivity contribution in [3.63, 3.8) is 0 Å². The average Bonchev–Trinajstić information content (AvgIpc) is 2.93. The van der Waals surface area contributed by atoms with E-state index in [1.165, 1.54) is 10.6 Å². The molecular weight excluding hydrogens is 374 g/mol. The van der Waals surface area contributed by atoms with E-state index in [0.717, 1.165) is 17.1 Å². The molecule has 8 heteroatoms. The van der Waals surface area contributed by atoms with Gasteiger partial charge >= 0.3 is 0 Å². The van der Waals surface area contributed by atoms with Crippen molar-refractivity contribution in [1.29, 1.82) is 0 Å². The molecule has 0 radical (unpaired) electrons. The summed E-state index contributed by atoms with van der Waals surface area (Å²) < 4.78 is 26.7. The van der Waals surface area contributed by atoms with Gasteiger partial charge < -0.3 is 9.47 Å². The first-order valence-corrected chi connectivity index (χ1v) is 10.6. The lowest BCUT2D eigenvalue weighted by atomic mass is 10.1. The van der Waals surface area contributed by atoms with Gasteiger partial charge in [-0.1, -0.05) is 11.6 Å². The Kier molecular flexibility index (Phi) is 5.14. The molecule has 2 heterocycles. The molecule has 1 aromatic heterocycles. The van der Waals surface area contributed by atoms with Crippen LogP contribution < -0.4 is 0 Å². The highest BCUT2D eigenvalue weighted by molar-refractivity contribution is 7.88. The number of piperazine rings is 1. The first-order valence-electron chi connectivity index (χ1n) is 8.38. The maximum Gasteiger partial charge on any atom is 0.255 e. The predicted molar refractivity (Wildman–Crippen MR) is 103 cm³/mol. The molecule has 26 heavy (non-hydrogen) atoms. The van der Waals surface area contributed by atoms with Crippen molar-refractivity contribution in [2.24, 2.45) is 0 Å². The summed E-state index contributed by atoms with van der Waals surface area (Å²) in [4.78, 5) is 14.6. The van der Waals surface area contributed by atoms with Crippen molar-refractivity contribution < 1.29 is 13.2 Å². The quantitative estimate of drug-likeness (QED) is 0.802. The van der Waals surface area contributed by atoms with Gasteiger partial charge in [-0.2, -0.15) is 4.31 Å². The number of hydrogen-bond donors (Lipinski definition) is 0. The minimum absolute atomic E-state index is 0.174. The predicted octanol–water partition coefficient (Wildman–Crippen LogP) is 2.46. The molecular formula is C18H22ClN3O3S. The Balaban J connectivity index is 1.86. The Labute approximate surface area is 159 Å². The van der Waals surface area contributed by atoms with E-state index >= 15 is 0 Å². The number of nitrogens with zero attached hydrogens (tertiary/aromatic N) is 3. The zero-order valence-electron chi connectivity index (χ0n) is 15.1. The molecule has 6 nitrogen and oxygen atoms in total. The van der Waals surface area contributed by atoms with Crippen LogP contribution in [-0.4, -0.2) is 60.5 Å². The van der Waals surface area contributed by atoms with Gasteiger partial charge in [0.05, 0.1) is 16.8 Å². The van der Waals surface area contributed by atoms with E-state index in [4.69, 9.17) is 11.6 Å². The lowest BCUT2D eigenvalue weighted by molar-refractivity contribution is 0.0698. The summed E-state index contributed by atoms with van der Waals surface area (Å²) >= 11 is 6.29. The van der Waals surface area contributed by atoms with Crippen LogP contribution in [0.25, 0.3) is 5.69 Å². The normalized spacial score (nSPS) is 16.1. The first-order chi connectivity index (χ1) is 12.2. The number of carbonyl (C=O) groups is 1. The summed E-state index contributed by atoms with van der Waals surface area (Å²) in [5.41, 5.74) is 3.46. The van der Waals surface area contributed by atoms with Gasteiger partial charge in [-0.3, -0.25) is 4.79 Å². The van der Waals surface area contributed by atoms with E-state index < -0.39 is 10.0 Å². The summed E-state index contributed by atoms with van der Waals surface area (Å²) in [7, 11) is -3.23. The fraction of sp³-hybridized carbons (Fsp3) is 0.389. The Morgan fingerprint density at radius 1 is 1.00 bits per heavy atom. The standard InChI is InChI=1S/C18H22ClN3O3S/c1-13-4-5-14(2)22(13)15-6-7-17(19)16(12-15)18(23)20-8-10-21(11-9-20)26(3,24)25/h4-7,12H,8-11H2,1-3H3. The lowest BCUT2D eigenvalue weighted by Gasteiger charge is -2.33. The number of benzene rings is 1.